The van der Waals surface area contributed by atoms with Gasteiger partial charge >= 0.3 is 0 Å². The second kappa shape index (κ2) is 8.76. The van der Waals surface area contributed by atoms with E-state index in [1.807, 2.05) is 0 Å². The predicted molar refractivity (Wildman–Crippen MR) is 117 cm³/mol. The average Bonchev–Trinajstić information content (AvgIpc) is 3.11. The summed E-state index contributed by atoms with van der Waals surface area (Å²) in [7, 11) is 0. The van der Waals surface area contributed by atoms with Crippen molar-refractivity contribution in [2.45, 2.75) is 62.3 Å². The van der Waals surface area contributed by atoms with E-state index in [-0.39, 0.29) is 13.0 Å². The quantitative estimate of drug-likeness (QED) is 0.558. The zero-order valence-electron chi connectivity index (χ0n) is 18.3. The Bertz CT molecular complexity index is 995. The van der Waals surface area contributed by atoms with Gasteiger partial charge in [0.2, 0.25) is 5.79 Å². The smallest absolute Gasteiger partial charge is 0.272 e. The number of hydrogen-bond donors (Lipinski definition) is 3. The van der Waals surface area contributed by atoms with Crippen molar-refractivity contribution in [3.63, 3.8) is 0 Å². The first-order valence-electron chi connectivity index (χ1n) is 10.7. The summed E-state index contributed by atoms with van der Waals surface area (Å²) in [5, 5.41) is 32.6. The molecule has 2 aliphatic rings. The first-order chi connectivity index (χ1) is 15.5. The van der Waals surface area contributed by atoms with Gasteiger partial charge in [-0.2, -0.15) is 0 Å². The van der Waals surface area contributed by atoms with E-state index >= 15 is 0 Å². The average molecular weight is 485 g/mol. The third-order valence-corrected chi connectivity index (χ3v) is 6.79. The van der Waals surface area contributed by atoms with E-state index in [1.165, 1.54) is 0 Å². The van der Waals surface area contributed by atoms with Crippen molar-refractivity contribution in [3.05, 3.63) is 64.2 Å². The second-order valence-electron chi connectivity index (χ2n) is 9.16. The second-order valence-corrected chi connectivity index (χ2v) is 9.56. The van der Waals surface area contributed by atoms with E-state index < -0.39 is 42.2 Å². The molecule has 3 N–H and O–H groups in total. The van der Waals surface area contributed by atoms with E-state index in [1.54, 1.807) is 56.3 Å². The molecule has 2 aromatic rings. The summed E-state index contributed by atoms with van der Waals surface area (Å²) in [5.74, 6) is -1.31. The molecule has 2 fully saturated rings. The number of alkyl halides is 2. The molecule has 2 saturated heterocycles. The van der Waals surface area contributed by atoms with Crippen molar-refractivity contribution in [3.8, 4) is 5.75 Å². The van der Waals surface area contributed by atoms with Crippen molar-refractivity contribution < 1.29 is 38.3 Å². The minimum atomic E-state index is -2.55. The molecule has 0 aromatic heterocycles. The molecular weight excluding hydrogens is 458 g/mol. The van der Waals surface area contributed by atoms with Crippen LogP contribution in [0.15, 0.2) is 42.5 Å². The number of benzene rings is 2. The van der Waals surface area contributed by atoms with Crippen LogP contribution in [0.1, 0.15) is 37.0 Å². The fourth-order valence-corrected chi connectivity index (χ4v) is 4.58. The van der Waals surface area contributed by atoms with Crippen LogP contribution in [0.5, 0.6) is 5.75 Å². The maximum absolute atomic E-state index is 12.3. The number of aliphatic hydroxyl groups excluding tert-OH is 2. The Morgan fingerprint density at radius 3 is 2.52 bits per heavy atom. The van der Waals surface area contributed by atoms with Gasteiger partial charge in [-0.25, -0.2) is 8.78 Å². The lowest BCUT2D eigenvalue weighted by atomic mass is 9.77. The first-order valence-corrected chi connectivity index (χ1v) is 11.0. The number of fused-ring (bicyclic) bond motifs is 2. The van der Waals surface area contributed by atoms with Crippen LogP contribution >= 0.6 is 11.6 Å². The summed E-state index contributed by atoms with van der Waals surface area (Å²) in [6, 6.07) is 11.8. The number of hydrogen-bond acceptors (Lipinski definition) is 6. The van der Waals surface area contributed by atoms with Crippen molar-refractivity contribution >= 4 is 11.6 Å². The van der Waals surface area contributed by atoms with Crippen LogP contribution in [-0.4, -0.2) is 58.4 Å². The molecule has 0 spiro atoms. The number of halogens is 3. The molecule has 33 heavy (non-hydrogen) atoms. The minimum absolute atomic E-state index is 0.00264. The van der Waals surface area contributed by atoms with Crippen LogP contribution in [0.25, 0.3) is 0 Å². The monoisotopic (exact) mass is 484 g/mol. The summed E-state index contributed by atoms with van der Waals surface area (Å²) in [6.45, 7) is 2.50. The lowest BCUT2D eigenvalue weighted by molar-refractivity contribution is -0.319. The molecule has 2 aliphatic heterocycles. The molecule has 0 unspecified atom stereocenters. The van der Waals surface area contributed by atoms with Crippen LogP contribution in [0.2, 0.25) is 5.02 Å². The summed E-state index contributed by atoms with van der Waals surface area (Å²) in [4.78, 5) is 0. The normalized spacial score (nSPS) is 29.5. The SMILES string of the molecule is CC(C)(O)[C@@]12CO[C@@](c3ccc(Cl)c(Cc4ccc(OCC(F)F)cc4)c3)(O1)[C@H](O)[C@@H](O)C2. The molecular formula is C24H27ClF2O6. The van der Waals surface area contributed by atoms with Gasteiger partial charge in [0.1, 0.15) is 24.1 Å². The summed E-state index contributed by atoms with van der Waals surface area (Å²) < 4.78 is 41.8. The number of aliphatic hydroxyl groups is 3. The molecule has 6 nitrogen and oxygen atoms in total. The van der Waals surface area contributed by atoms with Gasteiger partial charge in [-0.15, -0.1) is 0 Å². The molecule has 2 aromatic carbocycles. The summed E-state index contributed by atoms with van der Waals surface area (Å²) >= 11 is 6.42. The first kappa shape index (κ1) is 24.3. The highest BCUT2D eigenvalue weighted by Crippen LogP contribution is 2.53. The zero-order chi connectivity index (χ0) is 24.0. The van der Waals surface area contributed by atoms with E-state index in [0.29, 0.717) is 28.3 Å². The summed E-state index contributed by atoms with van der Waals surface area (Å²) in [5.41, 5.74) is -0.459. The van der Waals surface area contributed by atoms with Crippen molar-refractivity contribution in [2.24, 2.45) is 0 Å². The maximum Gasteiger partial charge on any atom is 0.272 e. The zero-order valence-corrected chi connectivity index (χ0v) is 19.1. The van der Waals surface area contributed by atoms with Crippen LogP contribution in [0.3, 0.4) is 0 Å². The molecule has 0 saturated carbocycles. The Hall–Kier alpha value is -1.81. The van der Waals surface area contributed by atoms with Crippen molar-refractivity contribution in [1.82, 2.24) is 0 Å². The maximum atomic E-state index is 12.3. The molecule has 4 rings (SSSR count). The van der Waals surface area contributed by atoms with Gasteiger partial charge in [0.25, 0.3) is 6.43 Å². The van der Waals surface area contributed by atoms with Crippen LogP contribution < -0.4 is 4.74 Å². The Morgan fingerprint density at radius 1 is 1.18 bits per heavy atom. The lowest BCUT2D eigenvalue weighted by Gasteiger charge is -2.48. The van der Waals surface area contributed by atoms with E-state index in [9.17, 15) is 24.1 Å². The van der Waals surface area contributed by atoms with Gasteiger partial charge < -0.3 is 29.5 Å². The molecule has 0 radical (unpaired) electrons. The fourth-order valence-electron chi connectivity index (χ4n) is 4.40. The number of rotatable bonds is 7. The van der Waals surface area contributed by atoms with E-state index in [0.717, 1.165) is 5.56 Å². The molecule has 180 valence electrons. The molecule has 0 aliphatic carbocycles. The van der Waals surface area contributed by atoms with Crippen LogP contribution in [0, 0.1) is 0 Å². The Labute approximate surface area is 195 Å². The standard InChI is InChI=1S/C24H27ClF2O6/c1-22(2,30)23-11-19(28)21(29)24(33-23,32-13-23)16-5-8-18(25)15(10-16)9-14-3-6-17(7-4-14)31-12-20(26)27/h3-8,10,19-21,28-30H,9,11-13H2,1-2H3/t19-,21+,23+,24-/m0/s1. The van der Waals surface area contributed by atoms with E-state index in [4.69, 9.17) is 25.8 Å². The molecule has 0 amide bonds. The molecule has 2 bridgehead atoms. The van der Waals surface area contributed by atoms with Gasteiger partial charge in [0.05, 0.1) is 18.3 Å². The third kappa shape index (κ3) is 4.48. The summed E-state index contributed by atoms with van der Waals surface area (Å²) in [6.07, 6.45) is -4.63. The topological polar surface area (TPSA) is 88.4 Å². The molecule has 9 heteroatoms. The van der Waals surface area contributed by atoms with Crippen molar-refractivity contribution in [2.75, 3.05) is 13.2 Å². The van der Waals surface area contributed by atoms with E-state index in [2.05, 4.69) is 0 Å². The fraction of sp³-hybridized carbons (Fsp3) is 0.500. The highest BCUT2D eigenvalue weighted by molar-refractivity contribution is 6.31. The molecule has 4 atom stereocenters. The highest BCUT2D eigenvalue weighted by atomic mass is 35.5. The van der Waals surface area contributed by atoms with Crippen LogP contribution in [0.4, 0.5) is 8.78 Å². The van der Waals surface area contributed by atoms with Gasteiger partial charge in [0, 0.05) is 17.0 Å². The highest BCUT2D eigenvalue weighted by Gasteiger charge is 2.66. The number of ether oxygens (including phenoxy) is 3. The predicted octanol–water partition coefficient (Wildman–Crippen LogP) is 3.41. The Balaban J connectivity index is 1.61. The Morgan fingerprint density at radius 2 is 1.88 bits per heavy atom. The van der Waals surface area contributed by atoms with Crippen LogP contribution in [-0.2, 0) is 21.7 Å². The van der Waals surface area contributed by atoms with Gasteiger partial charge in [-0.3, -0.25) is 0 Å². The molecule has 2 heterocycles. The minimum Gasteiger partial charge on any atom is -0.488 e. The Kier molecular flexibility index (Phi) is 6.46. The van der Waals surface area contributed by atoms with Gasteiger partial charge in [-0.05, 0) is 55.7 Å². The largest absolute Gasteiger partial charge is 0.488 e. The third-order valence-electron chi connectivity index (χ3n) is 6.42. The van der Waals surface area contributed by atoms with Gasteiger partial charge in [0.15, 0.2) is 0 Å². The lowest BCUT2D eigenvalue weighted by Crippen LogP contribution is -2.62. The van der Waals surface area contributed by atoms with Crippen molar-refractivity contribution in [1.29, 1.82) is 0 Å². The van der Waals surface area contributed by atoms with Gasteiger partial charge in [-0.1, -0.05) is 29.8 Å².